The minimum atomic E-state index is -1.39. The van der Waals surface area contributed by atoms with E-state index >= 15 is 0 Å². The third-order valence-electron chi connectivity index (χ3n) is 6.24. The fraction of sp³-hybridized carbons (Fsp3) is 0.520. The van der Waals surface area contributed by atoms with Crippen LogP contribution in [0.15, 0.2) is 24.3 Å². The number of β-amino-alcohol motifs (C(OH)–C–C–N with tert-alkyl or cyclic N) is 1. The van der Waals surface area contributed by atoms with Gasteiger partial charge in [0.05, 0.1) is 12.1 Å². The molecule has 0 saturated carbocycles. The number of terminal acetylenes is 1. The second kappa shape index (κ2) is 11.7. The average Bonchev–Trinajstić information content (AvgIpc) is 3.18. The van der Waals surface area contributed by atoms with Gasteiger partial charge >= 0.3 is 6.09 Å². The first-order chi connectivity index (χ1) is 16.4. The van der Waals surface area contributed by atoms with Crippen molar-refractivity contribution in [3.05, 3.63) is 35.4 Å². The number of aliphatic hydroxyl groups is 1. The van der Waals surface area contributed by atoms with E-state index in [9.17, 15) is 29.4 Å². The molecule has 10 nitrogen and oxygen atoms in total. The van der Waals surface area contributed by atoms with Crippen molar-refractivity contribution in [1.82, 2.24) is 20.9 Å². The Balaban J connectivity index is 2.20. The van der Waals surface area contributed by atoms with Crippen LogP contribution in [0.1, 0.15) is 57.7 Å². The lowest BCUT2D eigenvalue weighted by Gasteiger charge is -2.37. The Hall–Kier alpha value is -3.58. The van der Waals surface area contributed by atoms with Gasteiger partial charge in [0, 0.05) is 32.0 Å². The van der Waals surface area contributed by atoms with Gasteiger partial charge in [0.2, 0.25) is 17.7 Å². The van der Waals surface area contributed by atoms with Gasteiger partial charge in [0.15, 0.2) is 0 Å². The highest BCUT2D eigenvalue weighted by molar-refractivity contribution is 5.92. The summed E-state index contributed by atoms with van der Waals surface area (Å²) < 4.78 is 0. The maximum Gasteiger partial charge on any atom is 0.405 e. The zero-order valence-electron chi connectivity index (χ0n) is 20.5. The molecule has 0 radical (unpaired) electrons. The molecule has 1 aliphatic heterocycles. The lowest BCUT2D eigenvalue weighted by molar-refractivity contribution is -0.142. The van der Waals surface area contributed by atoms with Crippen LogP contribution in [0.3, 0.4) is 0 Å². The van der Waals surface area contributed by atoms with Crippen molar-refractivity contribution in [1.29, 1.82) is 0 Å². The molecule has 10 heteroatoms. The predicted octanol–water partition coefficient (Wildman–Crippen LogP) is 0.996. The fourth-order valence-corrected chi connectivity index (χ4v) is 4.15. The normalized spacial score (nSPS) is 19.3. The number of likely N-dealkylation sites (tertiary alicyclic amines) is 1. The van der Waals surface area contributed by atoms with Crippen LogP contribution in [-0.2, 0) is 14.4 Å². The molecule has 1 aromatic carbocycles. The number of carbonyl (C=O) groups is 4. The van der Waals surface area contributed by atoms with Crippen LogP contribution in [0.5, 0.6) is 0 Å². The summed E-state index contributed by atoms with van der Waals surface area (Å²) >= 11 is 0. The zero-order valence-corrected chi connectivity index (χ0v) is 20.5. The monoisotopic (exact) mass is 486 g/mol. The van der Waals surface area contributed by atoms with E-state index in [1.807, 2.05) is 0 Å². The van der Waals surface area contributed by atoms with Gasteiger partial charge in [-0.1, -0.05) is 31.9 Å². The van der Waals surface area contributed by atoms with Crippen molar-refractivity contribution < 1.29 is 29.4 Å². The molecule has 0 aromatic heterocycles. The number of aliphatic hydroxyl groups excluding tert-OH is 1. The van der Waals surface area contributed by atoms with Crippen LogP contribution in [0, 0.1) is 17.8 Å². The summed E-state index contributed by atoms with van der Waals surface area (Å²) in [6.45, 7) is 6.72. The lowest BCUT2D eigenvalue weighted by atomic mass is 9.80. The minimum Gasteiger partial charge on any atom is -0.465 e. The van der Waals surface area contributed by atoms with E-state index in [0.29, 0.717) is 12.0 Å². The number of amides is 4. The van der Waals surface area contributed by atoms with E-state index in [1.54, 1.807) is 45.0 Å². The molecule has 1 aliphatic rings. The van der Waals surface area contributed by atoms with Crippen LogP contribution in [-0.4, -0.2) is 70.2 Å². The molecule has 5 N–H and O–H groups in total. The Morgan fingerprint density at radius 1 is 1.20 bits per heavy atom. The number of carbonyl (C=O) groups excluding carboxylic acids is 3. The second-order valence-electron chi connectivity index (χ2n) is 9.50. The van der Waals surface area contributed by atoms with Crippen molar-refractivity contribution >= 4 is 23.8 Å². The molecular formula is C25H34N4O6. The van der Waals surface area contributed by atoms with Gasteiger partial charge in [-0.05, 0) is 36.5 Å². The Morgan fingerprint density at radius 3 is 2.37 bits per heavy atom. The Morgan fingerprint density at radius 2 is 1.83 bits per heavy atom. The van der Waals surface area contributed by atoms with Crippen molar-refractivity contribution in [2.24, 2.45) is 5.41 Å². The van der Waals surface area contributed by atoms with Crippen molar-refractivity contribution in [2.45, 2.75) is 64.8 Å². The molecule has 0 bridgehead atoms. The molecule has 1 fully saturated rings. The molecule has 4 atom stereocenters. The summed E-state index contributed by atoms with van der Waals surface area (Å²) in [6.07, 6.45) is 3.41. The van der Waals surface area contributed by atoms with Crippen molar-refractivity contribution in [3.8, 4) is 12.3 Å². The third kappa shape index (κ3) is 7.45. The Bertz CT molecular complexity index is 985. The Kier molecular flexibility index (Phi) is 9.25. The number of benzene rings is 1. The van der Waals surface area contributed by atoms with E-state index in [2.05, 4.69) is 21.9 Å². The van der Waals surface area contributed by atoms with Gasteiger partial charge in [-0.2, -0.15) is 0 Å². The largest absolute Gasteiger partial charge is 0.465 e. The number of hydrogen-bond donors (Lipinski definition) is 5. The quantitative estimate of drug-likeness (QED) is 0.329. The standard InChI is InChI=1S/C25H34N4O6/c1-6-17-7-9-18(10-8-17)15(2)27-22(32)20-13-19(31)14-29(20)23(33)21(28-24(34)35)25(4,5)11-12-26-16(3)30/h1,7-10,15,19-21,28,31H,11-14H2,2-5H3,(H,26,30)(H,27,32)(H,34,35)/t15-,19+,20-,21+/m0/s1. The molecule has 1 aromatic rings. The number of rotatable bonds is 9. The highest BCUT2D eigenvalue weighted by Gasteiger charge is 2.45. The Labute approximate surface area is 205 Å². The van der Waals surface area contributed by atoms with Crippen LogP contribution in [0.4, 0.5) is 4.79 Å². The molecule has 1 saturated heterocycles. The number of hydrogen-bond acceptors (Lipinski definition) is 5. The summed E-state index contributed by atoms with van der Waals surface area (Å²) in [6, 6.07) is 4.59. The summed E-state index contributed by atoms with van der Waals surface area (Å²) in [5.41, 5.74) is 0.637. The maximum atomic E-state index is 13.5. The van der Waals surface area contributed by atoms with Gasteiger partial charge in [0.25, 0.3) is 0 Å². The molecule has 1 heterocycles. The van der Waals surface area contributed by atoms with Crippen molar-refractivity contribution in [3.63, 3.8) is 0 Å². The lowest BCUT2D eigenvalue weighted by Crippen LogP contribution is -2.58. The van der Waals surface area contributed by atoms with Gasteiger partial charge in [0.1, 0.15) is 12.1 Å². The smallest absolute Gasteiger partial charge is 0.405 e. The maximum absolute atomic E-state index is 13.5. The van der Waals surface area contributed by atoms with Crippen LogP contribution in [0.2, 0.25) is 0 Å². The summed E-state index contributed by atoms with van der Waals surface area (Å²) in [5.74, 6) is 1.23. The molecule has 0 spiro atoms. The third-order valence-corrected chi connectivity index (χ3v) is 6.24. The summed E-state index contributed by atoms with van der Waals surface area (Å²) in [5, 5.41) is 27.4. The van der Waals surface area contributed by atoms with Gasteiger partial charge in [-0.15, -0.1) is 6.42 Å². The first-order valence-electron chi connectivity index (χ1n) is 11.4. The van der Waals surface area contributed by atoms with E-state index in [-0.39, 0.29) is 31.5 Å². The molecule has 35 heavy (non-hydrogen) atoms. The molecule has 4 amide bonds. The van der Waals surface area contributed by atoms with Gasteiger partial charge < -0.3 is 31.1 Å². The fourth-order valence-electron chi connectivity index (χ4n) is 4.15. The molecule has 0 unspecified atom stereocenters. The van der Waals surface area contributed by atoms with Crippen LogP contribution >= 0.6 is 0 Å². The van der Waals surface area contributed by atoms with E-state index in [4.69, 9.17) is 6.42 Å². The first kappa shape index (κ1) is 27.7. The van der Waals surface area contributed by atoms with E-state index in [1.165, 1.54) is 11.8 Å². The first-order valence-corrected chi connectivity index (χ1v) is 11.4. The molecular weight excluding hydrogens is 452 g/mol. The summed E-state index contributed by atoms with van der Waals surface area (Å²) in [4.78, 5) is 50.6. The topological polar surface area (TPSA) is 148 Å². The summed E-state index contributed by atoms with van der Waals surface area (Å²) in [7, 11) is 0. The number of nitrogens with zero attached hydrogens (tertiary/aromatic N) is 1. The van der Waals surface area contributed by atoms with Gasteiger partial charge in [-0.3, -0.25) is 14.4 Å². The van der Waals surface area contributed by atoms with Gasteiger partial charge in [-0.25, -0.2) is 4.79 Å². The second-order valence-corrected chi connectivity index (χ2v) is 9.50. The zero-order chi connectivity index (χ0) is 26.3. The minimum absolute atomic E-state index is 0.0342. The van der Waals surface area contributed by atoms with E-state index < -0.39 is 41.5 Å². The molecule has 2 rings (SSSR count). The predicted molar refractivity (Wildman–Crippen MR) is 129 cm³/mol. The van der Waals surface area contributed by atoms with Crippen molar-refractivity contribution in [2.75, 3.05) is 13.1 Å². The van der Waals surface area contributed by atoms with E-state index in [0.717, 1.165) is 5.56 Å². The van der Waals surface area contributed by atoms with Crippen LogP contribution in [0.25, 0.3) is 0 Å². The number of nitrogens with one attached hydrogen (secondary N) is 3. The van der Waals surface area contributed by atoms with Crippen LogP contribution < -0.4 is 16.0 Å². The molecule has 190 valence electrons. The molecule has 0 aliphatic carbocycles. The highest BCUT2D eigenvalue weighted by Crippen LogP contribution is 2.29. The highest BCUT2D eigenvalue weighted by atomic mass is 16.4. The SMILES string of the molecule is C#Cc1ccc([C@H](C)NC(=O)[C@@H]2C[C@@H](O)CN2C(=O)[C@@H](NC(=O)O)C(C)(C)CCNC(C)=O)cc1. The number of carboxylic acid groups (broad SMARTS) is 1. The average molecular weight is 487 g/mol.